The lowest BCUT2D eigenvalue weighted by atomic mass is 10.1. The Bertz CT molecular complexity index is 546. The molecule has 2 rings (SSSR count). The first kappa shape index (κ1) is 10.4. The Morgan fingerprint density at radius 3 is 2.69 bits per heavy atom. The fraction of sp³-hybridized carbons (Fsp3) is 0.182. The fourth-order valence-electron chi connectivity index (χ4n) is 1.54. The number of hydrogen-bond acceptors (Lipinski definition) is 3. The molecule has 1 aromatic heterocycles. The topological polar surface area (TPSA) is 68.0 Å². The highest BCUT2D eigenvalue weighted by Crippen LogP contribution is 2.14. The molecule has 0 atom stereocenters. The lowest BCUT2D eigenvalue weighted by Crippen LogP contribution is -1.98. The second-order valence-corrected chi connectivity index (χ2v) is 3.64. The predicted octanol–water partition coefficient (Wildman–Crippen LogP) is 1.58. The lowest BCUT2D eigenvalue weighted by molar-refractivity contribution is 0.0690. The molecule has 0 aliphatic carbocycles. The van der Waals surface area contributed by atoms with E-state index >= 15 is 0 Å². The van der Waals surface area contributed by atoms with Crippen LogP contribution < -0.4 is 0 Å². The maximum absolute atomic E-state index is 10.7. The number of aromatic carboxylic acids is 1. The highest BCUT2D eigenvalue weighted by molar-refractivity contribution is 5.84. The van der Waals surface area contributed by atoms with Gasteiger partial charge in [0.15, 0.2) is 5.69 Å². The van der Waals surface area contributed by atoms with Gasteiger partial charge >= 0.3 is 5.97 Å². The van der Waals surface area contributed by atoms with Crippen molar-refractivity contribution in [3.8, 4) is 5.69 Å². The highest BCUT2D eigenvalue weighted by atomic mass is 16.4. The van der Waals surface area contributed by atoms with Crippen LogP contribution in [-0.2, 0) is 0 Å². The summed E-state index contributed by atoms with van der Waals surface area (Å²) in [6, 6.07) is 5.85. The van der Waals surface area contributed by atoms with Crippen LogP contribution in [0.25, 0.3) is 5.69 Å². The first-order valence-corrected chi connectivity index (χ1v) is 4.81. The Balaban J connectivity index is 2.46. The summed E-state index contributed by atoms with van der Waals surface area (Å²) in [7, 11) is 0. The molecular formula is C11H11N3O2. The van der Waals surface area contributed by atoms with Crippen LogP contribution in [0.5, 0.6) is 0 Å². The van der Waals surface area contributed by atoms with Crippen molar-refractivity contribution in [3.63, 3.8) is 0 Å². The van der Waals surface area contributed by atoms with Crippen molar-refractivity contribution in [2.24, 2.45) is 0 Å². The normalized spacial score (nSPS) is 10.4. The van der Waals surface area contributed by atoms with Crippen LogP contribution in [0.15, 0.2) is 24.4 Å². The summed E-state index contributed by atoms with van der Waals surface area (Å²) < 4.78 is 1.47. The van der Waals surface area contributed by atoms with Crippen LogP contribution in [0, 0.1) is 13.8 Å². The summed E-state index contributed by atoms with van der Waals surface area (Å²) >= 11 is 0. The van der Waals surface area contributed by atoms with Gasteiger partial charge in [-0.15, -0.1) is 5.10 Å². The van der Waals surface area contributed by atoms with Gasteiger partial charge in [-0.25, -0.2) is 9.48 Å². The van der Waals surface area contributed by atoms with Crippen LogP contribution in [0.3, 0.4) is 0 Å². The average molecular weight is 217 g/mol. The number of rotatable bonds is 2. The number of aryl methyl sites for hydroxylation is 2. The van der Waals surface area contributed by atoms with E-state index in [1.54, 1.807) is 0 Å². The van der Waals surface area contributed by atoms with Crippen molar-refractivity contribution < 1.29 is 9.90 Å². The molecule has 5 nitrogen and oxygen atoms in total. The summed E-state index contributed by atoms with van der Waals surface area (Å²) in [4.78, 5) is 10.7. The predicted molar refractivity (Wildman–Crippen MR) is 57.8 cm³/mol. The second-order valence-electron chi connectivity index (χ2n) is 3.64. The minimum Gasteiger partial charge on any atom is -0.476 e. The van der Waals surface area contributed by atoms with E-state index in [1.165, 1.54) is 10.9 Å². The Labute approximate surface area is 92.3 Å². The van der Waals surface area contributed by atoms with E-state index in [0.717, 1.165) is 16.8 Å². The van der Waals surface area contributed by atoms with Gasteiger partial charge in [0, 0.05) is 0 Å². The molecule has 16 heavy (non-hydrogen) atoms. The zero-order valence-corrected chi connectivity index (χ0v) is 9.01. The number of benzene rings is 1. The van der Waals surface area contributed by atoms with Gasteiger partial charge in [-0.05, 0) is 25.5 Å². The maximum atomic E-state index is 10.7. The van der Waals surface area contributed by atoms with Crippen molar-refractivity contribution in [2.75, 3.05) is 0 Å². The third kappa shape index (κ3) is 1.79. The van der Waals surface area contributed by atoms with Crippen LogP contribution in [0.1, 0.15) is 21.6 Å². The van der Waals surface area contributed by atoms with Gasteiger partial charge in [0.25, 0.3) is 0 Å². The van der Waals surface area contributed by atoms with Crippen molar-refractivity contribution in [1.29, 1.82) is 0 Å². The van der Waals surface area contributed by atoms with Gasteiger partial charge in [-0.2, -0.15) is 0 Å². The van der Waals surface area contributed by atoms with E-state index in [-0.39, 0.29) is 5.69 Å². The largest absolute Gasteiger partial charge is 0.476 e. The zero-order chi connectivity index (χ0) is 11.7. The van der Waals surface area contributed by atoms with E-state index < -0.39 is 5.97 Å². The van der Waals surface area contributed by atoms with Gasteiger partial charge in [0.1, 0.15) is 0 Å². The van der Waals surface area contributed by atoms with E-state index in [4.69, 9.17) is 5.11 Å². The minimum absolute atomic E-state index is 0.0556. The minimum atomic E-state index is -1.07. The molecule has 0 fully saturated rings. The molecule has 0 unspecified atom stereocenters. The molecule has 2 aromatic rings. The molecule has 0 radical (unpaired) electrons. The van der Waals surface area contributed by atoms with Crippen molar-refractivity contribution in [1.82, 2.24) is 15.0 Å². The van der Waals surface area contributed by atoms with Crippen LogP contribution in [0.4, 0.5) is 0 Å². The molecule has 82 valence electrons. The molecule has 1 heterocycles. The smallest absolute Gasteiger partial charge is 0.358 e. The van der Waals surface area contributed by atoms with Crippen molar-refractivity contribution in [2.45, 2.75) is 13.8 Å². The molecule has 0 aliphatic rings. The number of carbonyl (C=O) groups is 1. The Hall–Kier alpha value is -2.17. The number of carboxylic acid groups (broad SMARTS) is 1. The molecule has 5 heteroatoms. The van der Waals surface area contributed by atoms with Crippen molar-refractivity contribution >= 4 is 5.97 Å². The van der Waals surface area contributed by atoms with E-state index in [1.807, 2.05) is 32.0 Å². The molecule has 1 N–H and O–H groups in total. The van der Waals surface area contributed by atoms with Crippen molar-refractivity contribution in [3.05, 3.63) is 41.2 Å². The molecule has 0 spiro atoms. The third-order valence-corrected chi connectivity index (χ3v) is 2.31. The number of nitrogens with zero attached hydrogens (tertiary/aromatic N) is 3. The molecule has 0 bridgehead atoms. The standard InChI is InChI=1S/C11H11N3O2/c1-7-3-4-10(8(2)5-7)14-6-9(11(15)16)12-13-14/h3-6H,1-2H3,(H,15,16). The van der Waals surface area contributed by atoms with E-state index in [9.17, 15) is 4.79 Å². The Morgan fingerprint density at radius 2 is 2.12 bits per heavy atom. The van der Waals surface area contributed by atoms with Gasteiger partial charge in [0.2, 0.25) is 0 Å². The number of carboxylic acids is 1. The molecule has 1 aromatic carbocycles. The maximum Gasteiger partial charge on any atom is 0.358 e. The summed E-state index contributed by atoms with van der Waals surface area (Å²) in [6.07, 6.45) is 1.40. The van der Waals surface area contributed by atoms with Crippen LogP contribution in [0.2, 0.25) is 0 Å². The second kappa shape index (κ2) is 3.77. The summed E-state index contributed by atoms with van der Waals surface area (Å²) in [5.41, 5.74) is 2.97. The number of hydrogen-bond donors (Lipinski definition) is 1. The van der Waals surface area contributed by atoms with E-state index in [2.05, 4.69) is 10.3 Å². The molecule has 0 aliphatic heterocycles. The molecule has 0 saturated heterocycles. The molecular weight excluding hydrogens is 206 g/mol. The van der Waals surface area contributed by atoms with E-state index in [0.29, 0.717) is 0 Å². The Morgan fingerprint density at radius 1 is 1.38 bits per heavy atom. The first-order valence-electron chi connectivity index (χ1n) is 4.81. The average Bonchev–Trinajstić information content (AvgIpc) is 2.66. The van der Waals surface area contributed by atoms with Crippen LogP contribution in [-0.4, -0.2) is 26.1 Å². The van der Waals surface area contributed by atoms with Crippen LogP contribution >= 0.6 is 0 Å². The summed E-state index contributed by atoms with van der Waals surface area (Å²) in [6.45, 7) is 3.95. The monoisotopic (exact) mass is 217 g/mol. The molecule has 0 amide bonds. The van der Waals surface area contributed by atoms with Gasteiger partial charge in [-0.1, -0.05) is 22.9 Å². The first-order chi connectivity index (χ1) is 7.58. The van der Waals surface area contributed by atoms with Gasteiger partial charge < -0.3 is 5.11 Å². The van der Waals surface area contributed by atoms with Gasteiger partial charge in [0.05, 0.1) is 11.9 Å². The lowest BCUT2D eigenvalue weighted by Gasteiger charge is -2.05. The number of aromatic nitrogens is 3. The fourth-order valence-corrected chi connectivity index (χ4v) is 1.54. The summed E-state index contributed by atoms with van der Waals surface area (Å²) in [5, 5.41) is 16.1. The van der Waals surface area contributed by atoms with Gasteiger partial charge in [-0.3, -0.25) is 0 Å². The quantitative estimate of drug-likeness (QED) is 0.829. The zero-order valence-electron chi connectivity index (χ0n) is 9.01. The highest BCUT2D eigenvalue weighted by Gasteiger charge is 2.10. The Kier molecular flexibility index (Phi) is 2.44. The molecule has 0 saturated carbocycles. The summed E-state index contributed by atoms with van der Waals surface area (Å²) in [5.74, 6) is -1.07. The SMILES string of the molecule is Cc1ccc(-n2cc(C(=O)O)nn2)c(C)c1. The third-order valence-electron chi connectivity index (χ3n) is 2.31.